The Morgan fingerprint density at radius 2 is 1.89 bits per heavy atom. The second-order valence-corrected chi connectivity index (χ2v) is 4.34. The van der Waals surface area contributed by atoms with Crippen LogP contribution >= 0.6 is 11.6 Å². The van der Waals surface area contributed by atoms with Crippen LogP contribution in [0.3, 0.4) is 0 Å². The van der Waals surface area contributed by atoms with Gasteiger partial charge in [0.2, 0.25) is 0 Å². The van der Waals surface area contributed by atoms with Gasteiger partial charge in [-0.25, -0.2) is 0 Å². The molecule has 1 N–H and O–H groups in total. The molecular formula is C13H17ClO5. The molecular weight excluding hydrogens is 272 g/mol. The van der Waals surface area contributed by atoms with Gasteiger partial charge in [-0.1, -0.05) is 17.7 Å². The zero-order valence-electron chi connectivity index (χ0n) is 11.3. The minimum Gasteiger partial charge on any atom is -0.493 e. The Morgan fingerprint density at radius 1 is 1.26 bits per heavy atom. The largest absolute Gasteiger partial charge is 0.493 e. The van der Waals surface area contributed by atoms with Crippen molar-refractivity contribution in [3.8, 4) is 11.5 Å². The van der Waals surface area contributed by atoms with E-state index in [9.17, 15) is 9.90 Å². The average Bonchev–Trinajstić information content (AvgIpc) is 2.44. The highest BCUT2D eigenvalue weighted by Crippen LogP contribution is 2.41. The van der Waals surface area contributed by atoms with Crippen molar-refractivity contribution in [1.82, 2.24) is 0 Å². The molecule has 1 rings (SSSR count). The van der Waals surface area contributed by atoms with Crippen LogP contribution in [-0.2, 0) is 9.53 Å². The van der Waals surface area contributed by atoms with Crippen molar-refractivity contribution in [2.75, 3.05) is 21.3 Å². The summed E-state index contributed by atoms with van der Waals surface area (Å²) in [4.78, 5) is 11.4. The molecule has 0 amide bonds. The first-order valence-corrected chi connectivity index (χ1v) is 6.02. The summed E-state index contributed by atoms with van der Waals surface area (Å²) in [6, 6.07) is 3.21. The number of halogens is 1. The molecule has 19 heavy (non-hydrogen) atoms. The van der Waals surface area contributed by atoms with Gasteiger partial charge in [-0.3, -0.25) is 4.79 Å². The van der Waals surface area contributed by atoms with Crippen molar-refractivity contribution in [3.05, 3.63) is 22.7 Å². The number of hydrogen-bond donors (Lipinski definition) is 1. The van der Waals surface area contributed by atoms with Crippen molar-refractivity contribution in [3.63, 3.8) is 0 Å². The molecule has 0 fully saturated rings. The van der Waals surface area contributed by atoms with Crippen LogP contribution in [0.25, 0.3) is 0 Å². The fourth-order valence-corrected chi connectivity index (χ4v) is 2.06. The lowest BCUT2D eigenvalue weighted by molar-refractivity contribution is -0.148. The lowest BCUT2D eigenvalue weighted by atomic mass is 9.97. The molecule has 0 saturated heterocycles. The summed E-state index contributed by atoms with van der Waals surface area (Å²) in [6.45, 7) is 1.56. The minimum absolute atomic E-state index is 0.213. The molecule has 0 aliphatic heterocycles. The summed E-state index contributed by atoms with van der Waals surface area (Å²) in [5.41, 5.74) is 0.386. The highest BCUT2D eigenvalue weighted by Gasteiger charge is 2.28. The first-order valence-electron chi connectivity index (χ1n) is 5.64. The third-order valence-corrected chi connectivity index (χ3v) is 3.27. The van der Waals surface area contributed by atoms with Gasteiger partial charge in [0, 0.05) is 5.56 Å². The van der Waals surface area contributed by atoms with E-state index in [1.165, 1.54) is 21.3 Å². The first kappa shape index (κ1) is 15.6. The van der Waals surface area contributed by atoms with E-state index in [1.807, 2.05) is 0 Å². The second kappa shape index (κ2) is 6.63. The van der Waals surface area contributed by atoms with Gasteiger partial charge in [0.1, 0.15) is 0 Å². The molecule has 0 bridgehead atoms. The summed E-state index contributed by atoms with van der Waals surface area (Å²) in [7, 11) is 4.20. The van der Waals surface area contributed by atoms with E-state index in [4.69, 9.17) is 21.1 Å². The highest BCUT2D eigenvalue weighted by molar-refractivity contribution is 6.33. The third kappa shape index (κ3) is 3.11. The van der Waals surface area contributed by atoms with Gasteiger partial charge < -0.3 is 19.3 Å². The number of carbonyl (C=O) groups excluding carboxylic acids is 1. The number of aliphatic hydroxyl groups excluding tert-OH is 1. The Labute approximate surface area is 117 Å². The SMILES string of the molecule is COC(=O)C(C)C(O)c1ccc(OC)c(OC)c1Cl. The molecule has 0 aliphatic carbocycles. The number of hydrogen-bond acceptors (Lipinski definition) is 5. The highest BCUT2D eigenvalue weighted by atomic mass is 35.5. The van der Waals surface area contributed by atoms with Crippen molar-refractivity contribution < 1.29 is 24.1 Å². The predicted molar refractivity (Wildman–Crippen MR) is 70.7 cm³/mol. The molecule has 2 unspecified atom stereocenters. The van der Waals surface area contributed by atoms with Gasteiger partial charge in [0.25, 0.3) is 0 Å². The molecule has 0 radical (unpaired) electrons. The number of carbonyl (C=O) groups is 1. The van der Waals surface area contributed by atoms with E-state index >= 15 is 0 Å². The summed E-state index contributed by atoms with van der Waals surface area (Å²) in [5, 5.41) is 10.4. The number of methoxy groups -OCH3 is 3. The summed E-state index contributed by atoms with van der Waals surface area (Å²) < 4.78 is 14.8. The third-order valence-electron chi connectivity index (χ3n) is 2.88. The predicted octanol–water partition coefficient (Wildman–Crippen LogP) is 2.20. The second-order valence-electron chi connectivity index (χ2n) is 3.96. The molecule has 0 heterocycles. The Bertz CT molecular complexity index is 461. The number of benzene rings is 1. The van der Waals surface area contributed by atoms with Crippen LogP contribution in [0.2, 0.25) is 5.02 Å². The van der Waals surface area contributed by atoms with Crippen LogP contribution in [0.5, 0.6) is 11.5 Å². The van der Waals surface area contributed by atoms with Crippen molar-refractivity contribution in [1.29, 1.82) is 0 Å². The van der Waals surface area contributed by atoms with E-state index in [2.05, 4.69) is 4.74 Å². The van der Waals surface area contributed by atoms with Gasteiger partial charge in [-0.2, -0.15) is 0 Å². The van der Waals surface area contributed by atoms with Crippen LogP contribution in [0, 0.1) is 5.92 Å². The van der Waals surface area contributed by atoms with E-state index in [0.717, 1.165) is 0 Å². The standard InChI is InChI=1S/C13H17ClO5/c1-7(13(16)19-4)11(15)8-5-6-9(17-2)12(18-3)10(8)14/h5-7,11,15H,1-4H3. The van der Waals surface area contributed by atoms with E-state index in [0.29, 0.717) is 17.1 Å². The molecule has 6 heteroatoms. The maximum absolute atomic E-state index is 11.4. The maximum Gasteiger partial charge on any atom is 0.311 e. The van der Waals surface area contributed by atoms with Gasteiger partial charge in [0.15, 0.2) is 11.5 Å². The van der Waals surface area contributed by atoms with Crippen LogP contribution in [0.4, 0.5) is 0 Å². The normalized spacial score (nSPS) is 13.6. The minimum atomic E-state index is -1.08. The average molecular weight is 289 g/mol. The van der Waals surface area contributed by atoms with Crippen molar-refractivity contribution in [2.24, 2.45) is 5.92 Å². The van der Waals surface area contributed by atoms with Gasteiger partial charge in [0.05, 0.1) is 38.4 Å². The van der Waals surface area contributed by atoms with Crippen molar-refractivity contribution in [2.45, 2.75) is 13.0 Å². The number of aliphatic hydroxyl groups is 1. The molecule has 0 aromatic heterocycles. The molecule has 106 valence electrons. The smallest absolute Gasteiger partial charge is 0.311 e. The Hall–Kier alpha value is -1.46. The number of esters is 1. The topological polar surface area (TPSA) is 65.0 Å². The zero-order valence-corrected chi connectivity index (χ0v) is 12.0. The van der Waals surface area contributed by atoms with Gasteiger partial charge in [-0.05, 0) is 13.0 Å². The molecule has 0 aliphatic rings. The van der Waals surface area contributed by atoms with Crippen LogP contribution < -0.4 is 9.47 Å². The van der Waals surface area contributed by atoms with Crippen LogP contribution in [-0.4, -0.2) is 32.4 Å². The fourth-order valence-electron chi connectivity index (χ4n) is 1.72. The number of ether oxygens (including phenoxy) is 3. The maximum atomic E-state index is 11.4. The summed E-state index contributed by atoms with van der Waals surface area (Å²) in [5.74, 6) is -0.481. The quantitative estimate of drug-likeness (QED) is 0.842. The molecule has 0 saturated carbocycles. The van der Waals surface area contributed by atoms with Crippen LogP contribution in [0.15, 0.2) is 12.1 Å². The van der Waals surface area contributed by atoms with Crippen LogP contribution in [0.1, 0.15) is 18.6 Å². The molecule has 1 aromatic rings. The number of rotatable bonds is 5. The van der Waals surface area contributed by atoms with Gasteiger partial charge in [-0.15, -0.1) is 0 Å². The molecule has 2 atom stereocenters. The molecule has 0 spiro atoms. The zero-order chi connectivity index (χ0) is 14.6. The Kier molecular flexibility index (Phi) is 5.44. The van der Waals surface area contributed by atoms with E-state index < -0.39 is 18.0 Å². The fraction of sp³-hybridized carbons (Fsp3) is 0.462. The Morgan fingerprint density at radius 3 is 2.37 bits per heavy atom. The lowest BCUT2D eigenvalue weighted by Crippen LogP contribution is -2.21. The molecule has 1 aromatic carbocycles. The Balaban J connectivity index is 3.17. The summed E-state index contributed by atoms with van der Waals surface area (Å²) >= 11 is 6.16. The monoisotopic (exact) mass is 288 g/mol. The molecule has 5 nitrogen and oxygen atoms in total. The van der Waals surface area contributed by atoms with E-state index in [1.54, 1.807) is 19.1 Å². The van der Waals surface area contributed by atoms with Crippen molar-refractivity contribution >= 4 is 17.6 Å². The summed E-state index contributed by atoms with van der Waals surface area (Å²) in [6.07, 6.45) is -1.08. The van der Waals surface area contributed by atoms with Gasteiger partial charge >= 0.3 is 5.97 Å². The lowest BCUT2D eigenvalue weighted by Gasteiger charge is -2.20. The van der Waals surface area contributed by atoms with E-state index in [-0.39, 0.29) is 5.02 Å². The first-order chi connectivity index (χ1) is 8.97.